The van der Waals surface area contributed by atoms with E-state index in [1.165, 1.54) is 6.20 Å². The number of rotatable bonds is 2. The molecule has 88 valence electrons. The molecule has 0 unspecified atom stereocenters. The van der Waals surface area contributed by atoms with Crippen molar-refractivity contribution in [2.75, 3.05) is 25.9 Å². The molecule has 2 rings (SSSR count). The monoisotopic (exact) mass is 224 g/mol. The molecule has 0 atom stereocenters. The molecule has 1 aromatic rings. The van der Waals surface area contributed by atoms with Crippen LogP contribution in [0.2, 0.25) is 0 Å². The minimum absolute atomic E-state index is 0.0548. The number of hydrogen-bond donors (Lipinski definition) is 2. The lowest BCUT2D eigenvalue weighted by Crippen LogP contribution is -2.40. The summed E-state index contributed by atoms with van der Waals surface area (Å²) in [4.78, 5) is 13.8. The maximum absolute atomic E-state index is 12.0. The third kappa shape index (κ3) is 2.01. The fraction of sp³-hybridized carbons (Fsp3) is 0.600. The normalized spacial score (nSPS) is 17.7. The average Bonchev–Trinajstić information content (AvgIpc) is 2.75. The smallest absolute Gasteiger partial charge is 0.259 e. The molecular weight excluding hydrogens is 208 g/mol. The number of nitrogen functional groups attached to an aromatic ring is 1. The summed E-state index contributed by atoms with van der Waals surface area (Å²) in [6, 6.07) is 0. The van der Waals surface area contributed by atoms with Gasteiger partial charge in [-0.15, -0.1) is 0 Å². The first-order valence-corrected chi connectivity index (χ1v) is 5.33. The van der Waals surface area contributed by atoms with Gasteiger partial charge in [-0.3, -0.25) is 9.89 Å². The Balaban J connectivity index is 2.00. The van der Waals surface area contributed by atoms with Gasteiger partial charge in [-0.1, -0.05) is 0 Å². The summed E-state index contributed by atoms with van der Waals surface area (Å²) < 4.78 is 5.25. The Morgan fingerprint density at radius 1 is 1.62 bits per heavy atom. The van der Waals surface area contributed by atoms with Crippen molar-refractivity contribution in [3.05, 3.63) is 11.8 Å². The van der Waals surface area contributed by atoms with Gasteiger partial charge in [-0.25, -0.2) is 0 Å². The first kappa shape index (κ1) is 10.9. The molecule has 0 bridgehead atoms. The number of hydrogen-bond acceptors (Lipinski definition) is 4. The highest BCUT2D eigenvalue weighted by atomic mass is 16.5. The molecule has 16 heavy (non-hydrogen) atoms. The average molecular weight is 224 g/mol. The predicted octanol–water partition coefficient (Wildman–Crippen LogP) is 0.243. The number of aromatic amines is 1. The maximum Gasteiger partial charge on any atom is 0.259 e. The van der Waals surface area contributed by atoms with Crippen LogP contribution in [0.5, 0.6) is 0 Å². The number of nitrogens with zero attached hydrogens (tertiary/aromatic N) is 2. The molecule has 1 fully saturated rings. The summed E-state index contributed by atoms with van der Waals surface area (Å²) in [5.74, 6) is 0.277. The van der Waals surface area contributed by atoms with Crippen LogP contribution in [0.3, 0.4) is 0 Å². The van der Waals surface area contributed by atoms with Crippen molar-refractivity contribution in [1.82, 2.24) is 15.1 Å². The number of methoxy groups -OCH3 is 1. The predicted molar refractivity (Wildman–Crippen MR) is 58.9 cm³/mol. The summed E-state index contributed by atoms with van der Waals surface area (Å²) in [6.07, 6.45) is 3.49. The second-order valence-electron chi connectivity index (χ2n) is 3.92. The van der Waals surface area contributed by atoms with E-state index in [4.69, 9.17) is 10.5 Å². The van der Waals surface area contributed by atoms with Gasteiger partial charge in [-0.05, 0) is 12.8 Å². The largest absolute Gasteiger partial charge is 0.383 e. The van der Waals surface area contributed by atoms with Crippen LogP contribution in [0.15, 0.2) is 6.20 Å². The minimum Gasteiger partial charge on any atom is -0.383 e. The number of H-pyrrole nitrogens is 1. The van der Waals surface area contributed by atoms with Crippen LogP contribution in [0.4, 0.5) is 5.82 Å². The highest BCUT2D eigenvalue weighted by molar-refractivity contribution is 5.98. The van der Waals surface area contributed by atoms with Crippen LogP contribution in [-0.2, 0) is 4.74 Å². The van der Waals surface area contributed by atoms with Gasteiger partial charge in [0.1, 0.15) is 11.4 Å². The Bertz CT molecular complexity index is 369. The molecule has 1 aromatic heterocycles. The third-order valence-corrected chi connectivity index (χ3v) is 2.96. The molecule has 0 radical (unpaired) electrons. The van der Waals surface area contributed by atoms with Gasteiger partial charge in [0.15, 0.2) is 0 Å². The summed E-state index contributed by atoms with van der Waals surface area (Å²) in [5, 5.41) is 6.31. The zero-order valence-electron chi connectivity index (χ0n) is 9.27. The van der Waals surface area contributed by atoms with E-state index in [-0.39, 0.29) is 12.0 Å². The zero-order valence-corrected chi connectivity index (χ0v) is 9.27. The molecule has 1 saturated heterocycles. The van der Waals surface area contributed by atoms with Crippen molar-refractivity contribution in [2.45, 2.75) is 18.9 Å². The van der Waals surface area contributed by atoms with Gasteiger partial charge in [0.2, 0.25) is 0 Å². The third-order valence-electron chi connectivity index (χ3n) is 2.96. The number of amides is 1. The quantitative estimate of drug-likeness (QED) is 0.753. The SMILES string of the molecule is COC1CCN(C(=O)c2cn[nH]c2N)CC1. The Morgan fingerprint density at radius 3 is 2.81 bits per heavy atom. The number of anilines is 1. The van der Waals surface area contributed by atoms with Crippen molar-refractivity contribution >= 4 is 11.7 Å². The molecule has 1 amide bonds. The lowest BCUT2D eigenvalue weighted by molar-refractivity contribution is 0.0351. The number of nitrogens with two attached hydrogens (primary N) is 1. The van der Waals surface area contributed by atoms with Gasteiger partial charge in [-0.2, -0.15) is 5.10 Å². The minimum atomic E-state index is -0.0548. The van der Waals surface area contributed by atoms with E-state index >= 15 is 0 Å². The maximum atomic E-state index is 12.0. The van der Waals surface area contributed by atoms with E-state index in [2.05, 4.69) is 10.2 Å². The molecule has 1 aliphatic rings. The second kappa shape index (κ2) is 4.52. The van der Waals surface area contributed by atoms with Crippen LogP contribution in [0.1, 0.15) is 23.2 Å². The second-order valence-corrected chi connectivity index (χ2v) is 3.92. The standard InChI is InChI=1S/C10H16N4O2/c1-16-7-2-4-14(5-3-7)10(15)8-6-12-13-9(8)11/h6-7H,2-5H2,1H3,(H3,11,12,13). The fourth-order valence-electron chi connectivity index (χ4n) is 1.93. The van der Waals surface area contributed by atoms with Crippen molar-refractivity contribution in [3.8, 4) is 0 Å². The number of aromatic nitrogens is 2. The Kier molecular flexibility index (Phi) is 3.09. The Morgan fingerprint density at radius 2 is 2.31 bits per heavy atom. The first-order chi connectivity index (χ1) is 7.72. The van der Waals surface area contributed by atoms with E-state index in [1.54, 1.807) is 12.0 Å². The van der Waals surface area contributed by atoms with Gasteiger partial charge in [0, 0.05) is 20.2 Å². The van der Waals surface area contributed by atoms with Gasteiger partial charge >= 0.3 is 0 Å². The van der Waals surface area contributed by atoms with E-state index in [0.29, 0.717) is 24.5 Å². The number of carbonyl (C=O) groups excluding carboxylic acids is 1. The van der Waals surface area contributed by atoms with Crippen LogP contribution >= 0.6 is 0 Å². The molecule has 6 heteroatoms. The fourth-order valence-corrected chi connectivity index (χ4v) is 1.93. The highest BCUT2D eigenvalue weighted by Gasteiger charge is 2.25. The number of likely N-dealkylation sites (tertiary alicyclic amines) is 1. The van der Waals surface area contributed by atoms with E-state index in [9.17, 15) is 4.79 Å². The molecule has 2 heterocycles. The van der Waals surface area contributed by atoms with Crippen LogP contribution < -0.4 is 5.73 Å². The molecular formula is C10H16N4O2. The van der Waals surface area contributed by atoms with Gasteiger partial charge in [0.05, 0.1) is 12.3 Å². The summed E-state index contributed by atoms with van der Waals surface area (Å²) >= 11 is 0. The summed E-state index contributed by atoms with van der Waals surface area (Å²) in [6.45, 7) is 1.42. The molecule has 6 nitrogen and oxygen atoms in total. The zero-order chi connectivity index (χ0) is 11.5. The van der Waals surface area contributed by atoms with Crippen molar-refractivity contribution < 1.29 is 9.53 Å². The Labute approximate surface area is 93.8 Å². The molecule has 0 aromatic carbocycles. The summed E-state index contributed by atoms with van der Waals surface area (Å²) in [7, 11) is 1.70. The molecule has 0 saturated carbocycles. The molecule has 0 aliphatic carbocycles. The van der Waals surface area contributed by atoms with Gasteiger partial charge < -0.3 is 15.4 Å². The van der Waals surface area contributed by atoms with E-state index in [0.717, 1.165) is 12.8 Å². The van der Waals surface area contributed by atoms with Crippen LogP contribution in [0.25, 0.3) is 0 Å². The topological polar surface area (TPSA) is 84.2 Å². The lowest BCUT2D eigenvalue weighted by Gasteiger charge is -2.31. The molecule has 0 spiro atoms. The van der Waals surface area contributed by atoms with E-state index < -0.39 is 0 Å². The number of nitrogens with one attached hydrogen (secondary N) is 1. The lowest BCUT2D eigenvalue weighted by atomic mass is 10.1. The first-order valence-electron chi connectivity index (χ1n) is 5.33. The van der Waals surface area contributed by atoms with Crippen molar-refractivity contribution in [1.29, 1.82) is 0 Å². The molecule has 1 aliphatic heterocycles. The van der Waals surface area contributed by atoms with Crippen molar-refractivity contribution in [3.63, 3.8) is 0 Å². The Hall–Kier alpha value is -1.56. The van der Waals surface area contributed by atoms with Crippen LogP contribution in [0, 0.1) is 0 Å². The van der Waals surface area contributed by atoms with Crippen molar-refractivity contribution in [2.24, 2.45) is 0 Å². The number of carbonyl (C=O) groups is 1. The number of piperidine rings is 1. The van der Waals surface area contributed by atoms with Gasteiger partial charge in [0.25, 0.3) is 5.91 Å². The van der Waals surface area contributed by atoms with E-state index in [1.807, 2.05) is 0 Å². The highest BCUT2D eigenvalue weighted by Crippen LogP contribution is 2.17. The summed E-state index contributed by atoms with van der Waals surface area (Å²) in [5.41, 5.74) is 6.07. The number of ether oxygens (including phenoxy) is 1. The van der Waals surface area contributed by atoms with Crippen LogP contribution in [-0.4, -0.2) is 47.3 Å². The molecule has 3 N–H and O–H groups in total.